The summed E-state index contributed by atoms with van der Waals surface area (Å²) in [5, 5.41) is 3.86. The van der Waals surface area contributed by atoms with Gasteiger partial charge in [0.25, 0.3) is 0 Å². The number of hydrogen-bond acceptors (Lipinski definition) is 3. The molecule has 0 bridgehead atoms. The fourth-order valence-corrected chi connectivity index (χ4v) is 1.81. The van der Waals surface area contributed by atoms with Crippen molar-refractivity contribution in [1.82, 2.24) is 10.3 Å². The number of nitrogens with zero attached hydrogens (tertiary/aromatic N) is 1. The summed E-state index contributed by atoms with van der Waals surface area (Å²) in [5.41, 5.74) is 0.956. The lowest BCUT2D eigenvalue weighted by atomic mass is 10.1. The molecule has 0 aliphatic carbocycles. The zero-order valence-electron chi connectivity index (χ0n) is 8.79. The molecule has 3 nitrogen and oxygen atoms in total. The average molecular weight is 227 g/mol. The van der Waals surface area contributed by atoms with E-state index in [-0.39, 0.29) is 6.10 Å². The molecule has 0 saturated carbocycles. The van der Waals surface area contributed by atoms with Crippen LogP contribution in [0.5, 0.6) is 5.75 Å². The van der Waals surface area contributed by atoms with Gasteiger partial charge in [0, 0.05) is 6.54 Å². The molecular weight excluding hydrogens is 212 g/mol. The molecule has 0 radical (unpaired) electrons. The molecule has 1 aliphatic rings. The first-order chi connectivity index (χ1) is 7.25. The average Bonchev–Trinajstić information content (AvgIpc) is 2.25. The van der Waals surface area contributed by atoms with E-state index in [9.17, 15) is 0 Å². The van der Waals surface area contributed by atoms with Crippen LogP contribution in [-0.4, -0.2) is 24.2 Å². The van der Waals surface area contributed by atoms with E-state index >= 15 is 0 Å². The maximum Gasteiger partial charge on any atom is 0.138 e. The minimum absolute atomic E-state index is 0.265. The Labute approximate surface area is 94.8 Å². The highest BCUT2D eigenvalue weighted by Crippen LogP contribution is 2.20. The Bertz CT molecular complexity index is 337. The van der Waals surface area contributed by atoms with Gasteiger partial charge in [-0.1, -0.05) is 11.6 Å². The van der Waals surface area contributed by atoms with Crippen LogP contribution in [0.1, 0.15) is 18.4 Å². The van der Waals surface area contributed by atoms with Crippen LogP contribution in [0.2, 0.25) is 5.15 Å². The van der Waals surface area contributed by atoms with Crippen molar-refractivity contribution in [3.63, 3.8) is 0 Å². The van der Waals surface area contributed by atoms with Crippen LogP contribution in [0.4, 0.5) is 0 Å². The fourth-order valence-electron chi connectivity index (χ4n) is 1.71. The van der Waals surface area contributed by atoms with Gasteiger partial charge in [0.15, 0.2) is 0 Å². The van der Waals surface area contributed by atoms with E-state index in [1.807, 2.05) is 13.0 Å². The molecule has 1 unspecified atom stereocenters. The third-order valence-corrected chi connectivity index (χ3v) is 2.94. The van der Waals surface area contributed by atoms with Gasteiger partial charge in [-0.25, -0.2) is 4.98 Å². The number of hydrogen-bond donors (Lipinski definition) is 1. The highest BCUT2D eigenvalue weighted by molar-refractivity contribution is 6.30. The lowest BCUT2D eigenvalue weighted by Crippen LogP contribution is -2.37. The van der Waals surface area contributed by atoms with Gasteiger partial charge in [-0.2, -0.15) is 0 Å². The predicted octanol–water partition coefficient (Wildman–Crippen LogP) is 2.17. The van der Waals surface area contributed by atoms with Gasteiger partial charge in [0.05, 0.1) is 6.20 Å². The largest absolute Gasteiger partial charge is 0.487 e. The Morgan fingerprint density at radius 1 is 1.60 bits per heavy atom. The van der Waals surface area contributed by atoms with Crippen LogP contribution >= 0.6 is 11.6 Å². The minimum Gasteiger partial charge on any atom is -0.487 e. The van der Waals surface area contributed by atoms with Gasteiger partial charge in [-0.15, -0.1) is 0 Å². The summed E-state index contributed by atoms with van der Waals surface area (Å²) < 4.78 is 5.81. The zero-order chi connectivity index (χ0) is 10.7. The molecule has 0 spiro atoms. The summed E-state index contributed by atoms with van der Waals surface area (Å²) in [4.78, 5) is 4.06. The van der Waals surface area contributed by atoms with Gasteiger partial charge in [0.2, 0.25) is 0 Å². The van der Waals surface area contributed by atoms with E-state index in [0.717, 1.165) is 30.8 Å². The Kier molecular flexibility index (Phi) is 3.44. The summed E-state index contributed by atoms with van der Waals surface area (Å²) in [5.74, 6) is 0.811. The van der Waals surface area contributed by atoms with Crippen molar-refractivity contribution in [3.8, 4) is 5.75 Å². The predicted molar refractivity (Wildman–Crippen MR) is 60.5 cm³/mol. The molecule has 1 atom stereocenters. The molecule has 1 saturated heterocycles. The molecule has 1 N–H and O–H groups in total. The third-order valence-electron chi connectivity index (χ3n) is 2.54. The normalized spacial score (nSPS) is 21.3. The van der Waals surface area contributed by atoms with Crippen molar-refractivity contribution in [1.29, 1.82) is 0 Å². The number of halogens is 1. The summed E-state index contributed by atoms with van der Waals surface area (Å²) in [6.45, 7) is 3.95. The second-order valence-electron chi connectivity index (χ2n) is 3.86. The van der Waals surface area contributed by atoms with E-state index in [0.29, 0.717) is 5.15 Å². The molecule has 15 heavy (non-hydrogen) atoms. The summed E-state index contributed by atoms with van der Waals surface area (Å²) in [6, 6.07) is 1.93. The Morgan fingerprint density at radius 2 is 2.47 bits per heavy atom. The van der Waals surface area contributed by atoms with Crippen molar-refractivity contribution in [3.05, 3.63) is 23.0 Å². The molecule has 4 heteroatoms. The summed E-state index contributed by atoms with van der Waals surface area (Å²) in [7, 11) is 0. The van der Waals surface area contributed by atoms with E-state index in [4.69, 9.17) is 16.3 Å². The molecule has 1 aromatic rings. The highest BCUT2D eigenvalue weighted by Gasteiger charge is 2.14. The first-order valence-electron chi connectivity index (χ1n) is 5.25. The minimum atomic E-state index is 0.265. The second kappa shape index (κ2) is 4.81. The van der Waals surface area contributed by atoms with Crippen LogP contribution in [0.15, 0.2) is 12.3 Å². The van der Waals surface area contributed by atoms with Gasteiger partial charge in [-0.05, 0) is 37.9 Å². The van der Waals surface area contributed by atoms with E-state index in [2.05, 4.69) is 10.3 Å². The van der Waals surface area contributed by atoms with E-state index in [1.165, 1.54) is 6.42 Å². The van der Waals surface area contributed by atoms with Crippen LogP contribution in [-0.2, 0) is 0 Å². The number of piperidine rings is 1. The summed E-state index contributed by atoms with van der Waals surface area (Å²) in [6.07, 6.45) is 4.23. The van der Waals surface area contributed by atoms with Gasteiger partial charge in [-0.3, -0.25) is 0 Å². The molecule has 2 heterocycles. The molecular formula is C11H15ClN2O. The van der Waals surface area contributed by atoms with Gasteiger partial charge in [0.1, 0.15) is 17.0 Å². The van der Waals surface area contributed by atoms with Crippen molar-refractivity contribution in [2.45, 2.75) is 25.9 Å². The third kappa shape index (κ3) is 2.83. The Hall–Kier alpha value is -0.800. The van der Waals surface area contributed by atoms with Crippen LogP contribution < -0.4 is 10.1 Å². The molecule has 1 fully saturated rings. The lowest BCUT2D eigenvalue weighted by Gasteiger charge is -2.23. The van der Waals surface area contributed by atoms with E-state index < -0.39 is 0 Å². The summed E-state index contributed by atoms with van der Waals surface area (Å²) >= 11 is 5.84. The zero-order valence-corrected chi connectivity index (χ0v) is 9.55. The first-order valence-corrected chi connectivity index (χ1v) is 5.63. The standard InChI is InChI=1S/C11H15ClN2O/c1-8-5-10(7-14-11(8)12)15-9-3-2-4-13-6-9/h5,7,9,13H,2-4,6H2,1H3. The van der Waals surface area contributed by atoms with Crippen molar-refractivity contribution < 1.29 is 4.74 Å². The van der Waals surface area contributed by atoms with Crippen LogP contribution in [0, 0.1) is 6.92 Å². The van der Waals surface area contributed by atoms with Crippen LogP contribution in [0.25, 0.3) is 0 Å². The second-order valence-corrected chi connectivity index (χ2v) is 4.22. The van der Waals surface area contributed by atoms with E-state index in [1.54, 1.807) is 6.20 Å². The number of aryl methyl sites for hydroxylation is 1. The van der Waals surface area contributed by atoms with Crippen LogP contribution in [0.3, 0.4) is 0 Å². The smallest absolute Gasteiger partial charge is 0.138 e. The monoisotopic (exact) mass is 226 g/mol. The number of rotatable bonds is 2. The number of pyridine rings is 1. The first kappa shape index (κ1) is 10.7. The lowest BCUT2D eigenvalue weighted by molar-refractivity contribution is 0.166. The Morgan fingerprint density at radius 3 is 3.13 bits per heavy atom. The quantitative estimate of drug-likeness (QED) is 0.785. The maximum atomic E-state index is 5.84. The fraction of sp³-hybridized carbons (Fsp3) is 0.545. The number of aromatic nitrogens is 1. The van der Waals surface area contributed by atoms with Crippen molar-refractivity contribution >= 4 is 11.6 Å². The molecule has 0 amide bonds. The van der Waals surface area contributed by atoms with Crippen molar-refractivity contribution in [2.75, 3.05) is 13.1 Å². The SMILES string of the molecule is Cc1cc(OC2CCCNC2)cnc1Cl. The number of nitrogens with one attached hydrogen (secondary N) is 1. The molecule has 82 valence electrons. The molecule has 1 aliphatic heterocycles. The van der Waals surface area contributed by atoms with Gasteiger partial charge < -0.3 is 10.1 Å². The molecule has 2 rings (SSSR count). The molecule has 1 aromatic heterocycles. The molecule has 0 aromatic carbocycles. The van der Waals surface area contributed by atoms with Crippen molar-refractivity contribution in [2.24, 2.45) is 0 Å². The maximum absolute atomic E-state index is 5.84. The number of ether oxygens (including phenoxy) is 1. The highest BCUT2D eigenvalue weighted by atomic mass is 35.5. The topological polar surface area (TPSA) is 34.1 Å². The Balaban J connectivity index is 2.00. The van der Waals surface area contributed by atoms with Gasteiger partial charge >= 0.3 is 0 Å².